The van der Waals surface area contributed by atoms with Gasteiger partial charge in [-0.25, -0.2) is 0 Å². The number of nitrogens with one attached hydrogen (secondary N) is 1. The van der Waals surface area contributed by atoms with Crippen molar-refractivity contribution in [1.82, 2.24) is 5.32 Å². The second-order valence-corrected chi connectivity index (χ2v) is 5.72. The second-order valence-electron chi connectivity index (χ2n) is 5.72. The molecule has 0 spiro atoms. The number of benzene rings is 1. The predicted molar refractivity (Wildman–Crippen MR) is 79.0 cm³/mol. The highest BCUT2D eigenvalue weighted by atomic mass is 15.1. The highest BCUT2D eigenvalue weighted by Gasteiger charge is 2.21. The van der Waals surface area contributed by atoms with E-state index in [0.717, 1.165) is 18.5 Å². The molecule has 1 aromatic rings. The third-order valence-electron chi connectivity index (χ3n) is 4.26. The first-order valence-corrected chi connectivity index (χ1v) is 7.17. The van der Waals surface area contributed by atoms with Crippen LogP contribution in [0.5, 0.6) is 0 Å². The Morgan fingerprint density at radius 1 is 1.11 bits per heavy atom. The first-order valence-electron chi connectivity index (χ1n) is 7.17. The van der Waals surface area contributed by atoms with E-state index in [0.29, 0.717) is 0 Å². The van der Waals surface area contributed by atoms with E-state index in [9.17, 15) is 0 Å². The van der Waals surface area contributed by atoms with Gasteiger partial charge in [-0.15, -0.1) is 0 Å². The molecule has 2 heteroatoms. The zero-order chi connectivity index (χ0) is 13.0. The van der Waals surface area contributed by atoms with Crippen LogP contribution in [0.4, 0.5) is 5.69 Å². The molecule has 0 aliphatic heterocycles. The Kier molecular flexibility index (Phi) is 4.65. The third-order valence-corrected chi connectivity index (χ3v) is 4.26. The van der Waals surface area contributed by atoms with Gasteiger partial charge in [0.2, 0.25) is 0 Å². The van der Waals surface area contributed by atoms with Crippen LogP contribution in [0.15, 0.2) is 24.3 Å². The highest BCUT2D eigenvalue weighted by molar-refractivity contribution is 5.47. The Morgan fingerprint density at radius 2 is 1.72 bits per heavy atom. The van der Waals surface area contributed by atoms with Gasteiger partial charge in [0.1, 0.15) is 0 Å². The van der Waals surface area contributed by atoms with E-state index in [1.54, 1.807) is 0 Å². The van der Waals surface area contributed by atoms with E-state index in [1.165, 1.54) is 36.9 Å². The molecule has 0 aromatic heterocycles. The third kappa shape index (κ3) is 3.26. The monoisotopic (exact) mass is 246 g/mol. The van der Waals surface area contributed by atoms with Crippen LogP contribution >= 0.6 is 0 Å². The molecule has 1 saturated carbocycles. The van der Waals surface area contributed by atoms with Crippen molar-refractivity contribution < 1.29 is 0 Å². The molecule has 2 nitrogen and oxygen atoms in total. The first-order chi connectivity index (χ1) is 8.70. The van der Waals surface area contributed by atoms with Gasteiger partial charge in [-0.3, -0.25) is 0 Å². The molecule has 100 valence electrons. The maximum absolute atomic E-state index is 3.19. The van der Waals surface area contributed by atoms with Crippen LogP contribution in [-0.2, 0) is 6.54 Å². The maximum atomic E-state index is 3.19. The summed E-state index contributed by atoms with van der Waals surface area (Å²) in [6, 6.07) is 9.70. The number of anilines is 1. The fourth-order valence-electron chi connectivity index (χ4n) is 2.89. The minimum atomic E-state index is 0.733. The Morgan fingerprint density at radius 3 is 2.28 bits per heavy atom. The molecule has 1 aliphatic rings. The molecule has 0 unspecified atom stereocenters. The van der Waals surface area contributed by atoms with Crippen molar-refractivity contribution in [3.05, 3.63) is 29.8 Å². The van der Waals surface area contributed by atoms with Gasteiger partial charge >= 0.3 is 0 Å². The molecular weight excluding hydrogens is 220 g/mol. The van der Waals surface area contributed by atoms with Crippen LogP contribution in [0.3, 0.4) is 0 Å². The average molecular weight is 246 g/mol. The Bertz CT molecular complexity index is 350. The summed E-state index contributed by atoms with van der Waals surface area (Å²) in [5.41, 5.74) is 2.71. The number of hydrogen-bond donors (Lipinski definition) is 1. The molecule has 1 N–H and O–H groups in total. The second kappa shape index (κ2) is 6.24. The molecule has 1 fully saturated rings. The van der Waals surface area contributed by atoms with Gasteiger partial charge in [-0.2, -0.15) is 0 Å². The molecule has 0 bridgehead atoms. The molecule has 0 atom stereocenters. The van der Waals surface area contributed by atoms with Crippen LogP contribution in [0.2, 0.25) is 0 Å². The molecule has 0 saturated heterocycles. The van der Waals surface area contributed by atoms with Crippen molar-refractivity contribution >= 4 is 5.69 Å². The summed E-state index contributed by atoms with van der Waals surface area (Å²) in [5, 5.41) is 3.19. The van der Waals surface area contributed by atoms with E-state index in [-0.39, 0.29) is 0 Å². The molecule has 18 heavy (non-hydrogen) atoms. The topological polar surface area (TPSA) is 15.3 Å². The summed E-state index contributed by atoms with van der Waals surface area (Å²) in [5.74, 6) is 0.924. The predicted octanol–water partition coefficient (Wildman–Crippen LogP) is 3.42. The van der Waals surface area contributed by atoms with Crippen molar-refractivity contribution in [2.75, 3.05) is 19.0 Å². The number of rotatable bonds is 4. The summed E-state index contributed by atoms with van der Waals surface area (Å²) in [7, 11) is 4.23. The lowest BCUT2D eigenvalue weighted by molar-refractivity contribution is 0.341. The zero-order valence-electron chi connectivity index (χ0n) is 11.9. The maximum Gasteiger partial charge on any atom is 0.0366 e. The molecule has 1 aliphatic carbocycles. The number of hydrogen-bond acceptors (Lipinski definition) is 2. The van der Waals surface area contributed by atoms with Gasteiger partial charge in [0.05, 0.1) is 0 Å². The van der Waals surface area contributed by atoms with Gasteiger partial charge in [-0.1, -0.05) is 19.1 Å². The van der Waals surface area contributed by atoms with Crippen LogP contribution in [0.25, 0.3) is 0 Å². The fourth-order valence-corrected chi connectivity index (χ4v) is 2.89. The van der Waals surface area contributed by atoms with Crippen molar-refractivity contribution in [1.29, 1.82) is 0 Å². The highest BCUT2D eigenvalue weighted by Crippen LogP contribution is 2.29. The standard InChI is InChI=1S/C16H26N2/c1-13-4-8-15(9-5-13)18(3)16-10-6-14(7-11-16)12-17-2/h6-7,10-11,13,15,17H,4-5,8-9,12H2,1-3H3. The largest absolute Gasteiger partial charge is 0.372 e. The van der Waals surface area contributed by atoms with Crippen LogP contribution < -0.4 is 10.2 Å². The molecular formula is C16H26N2. The lowest BCUT2D eigenvalue weighted by Gasteiger charge is -2.35. The summed E-state index contributed by atoms with van der Waals surface area (Å²) < 4.78 is 0. The van der Waals surface area contributed by atoms with Crippen LogP contribution in [0.1, 0.15) is 38.2 Å². The molecule has 2 rings (SSSR count). The van der Waals surface area contributed by atoms with E-state index in [4.69, 9.17) is 0 Å². The van der Waals surface area contributed by atoms with Crippen molar-refractivity contribution in [2.24, 2.45) is 5.92 Å². The van der Waals surface area contributed by atoms with E-state index in [2.05, 4.69) is 48.5 Å². The van der Waals surface area contributed by atoms with E-state index < -0.39 is 0 Å². The normalized spacial score (nSPS) is 23.9. The summed E-state index contributed by atoms with van der Waals surface area (Å²) >= 11 is 0. The summed E-state index contributed by atoms with van der Waals surface area (Å²) in [4.78, 5) is 2.47. The molecule has 0 heterocycles. The quantitative estimate of drug-likeness (QED) is 0.875. The van der Waals surface area contributed by atoms with E-state index >= 15 is 0 Å². The minimum Gasteiger partial charge on any atom is -0.372 e. The molecule has 0 radical (unpaired) electrons. The lowest BCUT2D eigenvalue weighted by Crippen LogP contribution is -2.34. The van der Waals surface area contributed by atoms with Crippen LogP contribution in [-0.4, -0.2) is 20.1 Å². The zero-order valence-corrected chi connectivity index (χ0v) is 11.9. The van der Waals surface area contributed by atoms with Gasteiger partial charge in [0.25, 0.3) is 0 Å². The van der Waals surface area contributed by atoms with Gasteiger partial charge in [0, 0.05) is 25.3 Å². The van der Waals surface area contributed by atoms with Gasteiger partial charge in [-0.05, 0) is 56.3 Å². The first kappa shape index (κ1) is 13.4. The van der Waals surface area contributed by atoms with Crippen molar-refractivity contribution in [3.8, 4) is 0 Å². The summed E-state index contributed by atoms with van der Waals surface area (Å²) in [6.07, 6.45) is 5.45. The average Bonchev–Trinajstić information content (AvgIpc) is 2.40. The lowest BCUT2D eigenvalue weighted by atomic mass is 9.86. The van der Waals surface area contributed by atoms with Gasteiger partial charge < -0.3 is 10.2 Å². The van der Waals surface area contributed by atoms with Crippen LogP contribution in [0, 0.1) is 5.92 Å². The van der Waals surface area contributed by atoms with Crippen molar-refractivity contribution in [3.63, 3.8) is 0 Å². The van der Waals surface area contributed by atoms with Gasteiger partial charge in [0.15, 0.2) is 0 Å². The molecule has 0 amide bonds. The van der Waals surface area contributed by atoms with E-state index in [1.807, 2.05) is 7.05 Å². The Balaban J connectivity index is 1.97. The number of nitrogens with zero attached hydrogens (tertiary/aromatic N) is 1. The van der Waals surface area contributed by atoms with Crippen molar-refractivity contribution in [2.45, 2.75) is 45.2 Å². The SMILES string of the molecule is CNCc1ccc(N(C)C2CCC(C)CC2)cc1. The fraction of sp³-hybridized carbons (Fsp3) is 0.625. The minimum absolute atomic E-state index is 0.733. The Hall–Kier alpha value is -1.02. The summed E-state index contributed by atoms with van der Waals surface area (Å²) in [6.45, 7) is 3.33. The smallest absolute Gasteiger partial charge is 0.0366 e. The Labute approximate surface area is 111 Å². The molecule has 1 aromatic carbocycles.